The van der Waals surface area contributed by atoms with Gasteiger partial charge in [0, 0.05) is 40.1 Å². The highest BCUT2D eigenvalue weighted by Gasteiger charge is 2.21. The van der Waals surface area contributed by atoms with Crippen LogP contribution in [-0.4, -0.2) is 6.54 Å². The second kappa shape index (κ2) is 4.85. The number of anilines is 2. The third-order valence-corrected chi connectivity index (χ3v) is 4.02. The van der Waals surface area contributed by atoms with Crippen molar-refractivity contribution in [1.82, 2.24) is 0 Å². The summed E-state index contributed by atoms with van der Waals surface area (Å²) < 4.78 is 14.7. The molecule has 2 aromatic rings. The standard InChI is InChI=1S/C15H14BrFN2/c16-11-4-5-13(17)10(8-11)9-19-7-6-12-14(18)2-1-3-15(12)19/h1-5,8H,6-7,9,18H2. The minimum Gasteiger partial charge on any atom is -0.398 e. The molecule has 0 spiro atoms. The molecule has 98 valence electrons. The molecule has 0 saturated heterocycles. The molecule has 0 fully saturated rings. The zero-order chi connectivity index (χ0) is 13.4. The normalized spacial score (nSPS) is 13.7. The second-order valence-electron chi connectivity index (χ2n) is 4.75. The summed E-state index contributed by atoms with van der Waals surface area (Å²) in [4.78, 5) is 2.18. The molecule has 1 aliphatic heterocycles. The highest BCUT2D eigenvalue weighted by molar-refractivity contribution is 9.10. The van der Waals surface area contributed by atoms with Gasteiger partial charge in [-0.05, 0) is 36.8 Å². The van der Waals surface area contributed by atoms with E-state index in [9.17, 15) is 4.39 Å². The lowest BCUT2D eigenvalue weighted by Gasteiger charge is -2.20. The van der Waals surface area contributed by atoms with Gasteiger partial charge in [0.25, 0.3) is 0 Å². The third kappa shape index (κ3) is 2.32. The number of hydrogen-bond acceptors (Lipinski definition) is 2. The quantitative estimate of drug-likeness (QED) is 0.854. The van der Waals surface area contributed by atoms with Crippen LogP contribution in [0.25, 0.3) is 0 Å². The number of benzene rings is 2. The molecule has 2 N–H and O–H groups in total. The molecular weight excluding hydrogens is 307 g/mol. The Labute approximate surface area is 120 Å². The van der Waals surface area contributed by atoms with Crippen molar-refractivity contribution < 1.29 is 4.39 Å². The van der Waals surface area contributed by atoms with E-state index in [1.165, 1.54) is 11.6 Å². The Bertz CT molecular complexity index is 628. The van der Waals surface area contributed by atoms with Crippen molar-refractivity contribution in [1.29, 1.82) is 0 Å². The van der Waals surface area contributed by atoms with Crippen LogP contribution in [0, 0.1) is 5.82 Å². The van der Waals surface area contributed by atoms with Gasteiger partial charge in [0.15, 0.2) is 0 Å². The molecule has 1 heterocycles. The summed E-state index contributed by atoms with van der Waals surface area (Å²) in [5, 5.41) is 0. The summed E-state index contributed by atoms with van der Waals surface area (Å²) in [7, 11) is 0. The first kappa shape index (κ1) is 12.5. The summed E-state index contributed by atoms with van der Waals surface area (Å²) in [6, 6.07) is 11.0. The predicted molar refractivity (Wildman–Crippen MR) is 79.7 cm³/mol. The van der Waals surface area contributed by atoms with Gasteiger partial charge < -0.3 is 10.6 Å². The number of hydrogen-bond donors (Lipinski definition) is 1. The van der Waals surface area contributed by atoms with E-state index in [1.54, 1.807) is 6.07 Å². The summed E-state index contributed by atoms with van der Waals surface area (Å²) in [6.45, 7) is 1.46. The number of rotatable bonds is 2. The molecule has 0 saturated carbocycles. The molecule has 0 aliphatic carbocycles. The maximum absolute atomic E-state index is 13.8. The first-order valence-corrected chi connectivity index (χ1v) is 7.00. The van der Waals surface area contributed by atoms with Crippen molar-refractivity contribution >= 4 is 27.3 Å². The molecule has 0 bridgehead atoms. The smallest absolute Gasteiger partial charge is 0.128 e. The first-order chi connectivity index (χ1) is 9.15. The Morgan fingerprint density at radius 3 is 2.95 bits per heavy atom. The fourth-order valence-electron chi connectivity index (χ4n) is 2.56. The Morgan fingerprint density at radius 1 is 1.26 bits per heavy atom. The van der Waals surface area contributed by atoms with Crippen LogP contribution in [0.15, 0.2) is 40.9 Å². The highest BCUT2D eigenvalue weighted by atomic mass is 79.9. The zero-order valence-electron chi connectivity index (χ0n) is 10.4. The highest BCUT2D eigenvalue weighted by Crippen LogP contribution is 2.33. The number of fused-ring (bicyclic) bond motifs is 1. The first-order valence-electron chi connectivity index (χ1n) is 6.21. The molecule has 0 unspecified atom stereocenters. The van der Waals surface area contributed by atoms with Gasteiger partial charge in [0.1, 0.15) is 5.82 Å². The van der Waals surface area contributed by atoms with Gasteiger partial charge in [-0.2, -0.15) is 0 Å². The monoisotopic (exact) mass is 320 g/mol. The Kier molecular flexibility index (Phi) is 3.19. The average Bonchev–Trinajstić information content (AvgIpc) is 2.79. The summed E-state index contributed by atoms with van der Waals surface area (Å²) in [6.07, 6.45) is 0.928. The topological polar surface area (TPSA) is 29.3 Å². The van der Waals surface area contributed by atoms with E-state index in [1.807, 2.05) is 18.2 Å². The Morgan fingerprint density at radius 2 is 2.11 bits per heavy atom. The van der Waals surface area contributed by atoms with Gasteiger partial charge in [0.2, 0.25) is 0 Å². The van der Waals surface area contributed by atoms with E-state index in [-0.39, 0.29) is 5.82 Å². The number of nitrogens with zero attached hydrogens (tertiary/aromatic N) is 1. The fraction of sp³-hybridized carbons (Fsp3) is 0.200. The SMILES string of the molecule is Nc1cccc2c1CCN2Cc1cc(Br)ccc1F. The largest absolute Gasteiger partial charge is 0.398 e. The van der Waals surface area contributed by atoms with Crippen molar-refractivity contribution in [2.75, 3.05) is 17.2 Å². The number of halogens is 2. The van der Waals surface area contributed by atoms with Gasteiger partial charge in [-0.1, -0.05) is 22.0 Å². The van der Waals surface area contributed by atoms with Crippen molar-refractivity contribution in [3.8, 4) is 0 Å². The van der Waals surface area contributed by atoms with E-state index in [4.69, 9.17) is 5.73 Å². The minimum atomic E-state index is -0.166. The Balaban J connectivity index is 1.91. The van der Waals surface area contributed by atoms with Crippen molar-refractivity contribution in [2.45, 2.75) is 13.0 Å². The van der Waals surface area contributed by atoms with Gasteiger partial charge in [-0.25, -0.2) is 4.39 Å². The number of nitrogens with two attached hydrogens (primary N) is 1. The molecular formula is C15H14BrFN2. The van der Waals surface area contributed by atoms with Crippen molar-refractivity contribution in [3.05, 3.63) is 57.8 Å². The van der Waals surface area contributed by atoms with Gasteiger partial charge >= 0.3 is 0 Å². The molecule has 2 aromatic carbocycles. The fourth-order valence-corrected chi connectivity index (χ4v) is 2.97. The van der Waals surface area contributed by atoms with E-state index in [2.05, 4.69) is 26.9 Å². The maximum Gasteiger partial charge on any atom is 0.128 e. The van der Waals surface area contributed by atoms with Gasteiger partial charge in [-0.15, -0.1) is 0 Å². The summed E-state index contributed by atoms with van der Waals surface area (Å²) in [5.74, 6) is -0.166. The van der Waals surface area contributed by atoms with Crippen LogP contribution >= 0.6 is 15.9 Å². The van der Waals surface area contributed by atoms with Crippen LogP contribution in [0.5, 0.6) is 0 Å². The third-order valence-electron chi connectivity index (χ3n) is 3.53. The molecule has 0 amide bonds. The van der Waals surface area contributed by atoms with Gasteiger partial charge in [-0.3, -0.25) is 0 Å². The average molecular weight is 321 g/mol. The molecule has 0 aromatic heterocycles. The van der Waals surface area contributed by atoms with Crippen LogP contribution in [0.3, 0.4) is 0 Å². The van der Waals surface area contributed by atoms with Crippen LogP contribution < -0.4 is 10.6 Å². The summed E-state index contributed by atoms with van der Waals surface area (Å²) >= 11 is 3.38. The molecule has 1 aliphatic rings. The van der Waals surface area contributed by atoms with Crippen LogP contribution in [-0.2, 0) is 13.0 Å². The lowest BCUT2D eigenvalue weighted by atomic mass is 10.1. The molecule has 19 heavy (non-hydrogen) atoms. The predicted octanol–water partition coefficient (Wildman–Crippen LogP) is 3.73. The lowest BCUT2D eigenvalue weighted by Crippen LogP contribution is -2.20. The lowest BCUT2D eigenvalue weighted by molar-refractivity contribution is 0.605. The number of nitrogen functional groups attached to an aromatic ring is 1. The van der Waals surface area contributed by atoms with E-state index < -0.39 is 0 Å². The summed E-state index contributed by atoms with van der Waals surface area (Å²) in [5.41, 5.74) is 9.80. The van der Waals surface area contributed by atoms with Crippen molar-refractivity contribution in [2.24, 2.45) is 0 Å². The Hall–Kier alpha value is -1.55. The van der Waals surface area contributed by atoms with Crippen LogP contribution in [0.4, 0.5) is 15.8 Å². The molecule has 2 nitrogen and oxygen atoms in total. The van der Waals surface area contributed by atoms with E-state index >= 15 is 0 Å². The molecule has 0 radical (unpaired) electrons. The minimum absolute atomic E-state index is 0.166. The van der Waals surface area contributed by atoms with Crippen LogP contribution in [0.2, 0.25) is 0 Å². The molecule has 4 heteroatoms. The zero-order valence-corrected chi connectivity index (χ0v) is 12.0. The van der Waals surface area contributed by atoms with Crippen LogP contribution in [0.1, 0.15) is 11.1 Å². The van der Waals surface area contributed by atoms with Gasteiger partial charge in [0.05, 0.1) is 0 Å². The second-order valence-corrected chi connectivity index (χ2v) is 5.67. The van der Waals surface area contributed by atoms with E-state index in [0.717, 1.165) is 28.8 Å². The molecule has 0 atom stereocenters. The molecule has 3 rings (SSSR count). The van der Waals surface area contributed by atoms with Crippen molar-refractivity contribution in [3.63, 3.8) is 0 Å². The van der Waals surface area contributed by atoms with E-state index in [0.29, 0.717) is 12.1 Å². The maximum atomic E-state index is 13.8.